The van der Waals surface area contributed by atoms with Crippen LogP contribution in [0.4, 0.5) is 11.5 Å². The SMILES string of the molecule is COC1CCN(c2nc(-c3c(C)ccc4[nH]ncc34)nc3c2CN(c2cc(C(C)C)ccc2C)CC3)CC1(C)C. The molecule has 0 bridgehead atoms. The summed E-state index contributed by atoms with van der Waals surface area (Å²) in [5.41, 5.74) is 9.71. The van der Waals surface area contributed by atoms with Crippen molar-refractivity contribution < 1.29 is 4.74 Å². The Hall–Kier alpha value is -3.45. The lowest BCUT2D eigenvalue weighted by Gasteiger charge is -2.45. The van der Waals surface area contributed by atoms with Crippen molar-refractivity contribution in [1.29, 1.82) is 0 Å². The molecule has 6 rings (SSSR count). The lowest BCUT2D eigenvalue weighted by Crippen LogP contribution is -2.50. The van der Waals surface area contributed by atoms with Crippen LogP contribution in [0.15, 0.2) is 36.5 Å². The van der Waals surface area contributed by atoms with Crippen LogP contribution in [-0.4, -0.2) is 53.0 Å². The Morgan fingerprint density at radius 1 is 1.02 bits per heavy atom. The molecule has 2 aliphatic rings. The number of rotatable bonds is 5. The average Bonchev–Trinajstić information content (AvgIpc) is 3.40. The van der Waals surface area contributed by atoms with Crippen molar-refractivity contribution in [1.82, 2.24) is 20.2 Å². The van der Waals surface area contributed by atoms with Crippen LogP contribution in [0, 0.1) is 19.3 Å². The van der Waals surface area contributed by atoms with E-state index in [4.69, 9.17) is 14.7 Å². The highest BCUT2D eigenvalue weighted by Crippen LogP contribution is 2.39. The van der Waals surface area contributed by atoms with E-state index in [9.17, 15) is 0 Å². The van der Waals surface area contributed by atoms with Gasteiger partial charge in [0.1, 0.15) is 5.82 Å². The number of nitrogens with zero attached hydrogens (tertiary/aromatic N) is 5. The summed E-state index contributed by atoms with van der Waals surface area (Å²) >= 11 is 0. The van der Waals surface area contributed by atoms with Crippen molar-refractivity contribution in [3.8, 4) is 11.4 Å². The molecule has 0 spiro atoms. The molecule has 0 aliphatic carbocycles. The van der Waals surface area contributed by atoms with Gasteiger partial charge in [-0.3, -0.25) is 5.10 Å². The monoisotopic (exact) mass is 538 g/mol. The molecule has 0 amide bonds. The van der Waals surface area contributed by atoms with Crippen molar-refractivity contribution in [3.05, 3.63) is 64.5 Å². The smallest absolute Gasteiger partial charge is 0.162 e. The van der Waals surface area contributed by atoms with Gasteiger partial charge in [-0.2, -0.15) is 5.10 Å². The van der Waals surface area contributed by atoms with E-state index in [-0.39, 0.29) is 11.5 Å². The molecule has 4 aromatic rings. The van der Waals surface area contributed by atoms with E-state index in [0.717, 1.165) is 72.7 Å². The predicted octanol–water partition coefficient (Wildman–Crippen LogP) is 6.57. The molecule has 0 saturated carbocycles. The third-order valence-electron chi connectivity index (χ3n) is 9.05. The molecule has 2 aromatic carbocycles. The van der Waals surface area contributed by atoms with Gasteiger partial charge in [-0.05, 0) is 55.0 Å². The first-order chi connectivity index (χ1) is 19.2. The quantitative estimate of drug-likeness (QED) is 0.310. The second kappa shape index (κ2) is 10.2. The molecule has 1 saturated heterocycles. The Bertz CT molecular complexity index is 1550. The van der Waals surface area contributed by atoms with Gasteiger partial charge in [-0.25, -0.2) is 9.97 Å². The number of aromatic amines is 1. The summed E-state index contributed by atoms with van der Waals surface area (Å²) in [4.78, 5) is 15.7. The number of H-pyrrole nitrogens is 1. The molecule has 1 unspecified atom stereocenters. The van der Waals surface area contributed by atoms with Gasteiger partial charge in [0.2, 0.25) is 0 Å². The number of benzene rings is 2. The molecule has 1 N–H and O–H groups in total. The Balaban J connectivity index is 1.48. The summed E-state index contributed by atoms with van der Waals surface area (Å²) < 4.78 is 5.89. The van der Waals surface area contributed by atoms with Gasteiger partial charge in [0.05, 0.1) is 23.5 Å². The maximum Gasteiger partial charge on any atom is 0.162 e. The molecule has 7 nitrogen and oxygen atoms in total. The number of fused-ring (bicyclic) bond motifs is 2. The lowest BCUT2D eigenvalue weighted by molar-refractivity contribution is -0.00647. The minimum atomic E-state index is 0.0159. The largest absolute Gasteiger partial charge is 0.381 e. The van der Waals surface area contributed by atoms with E-state index in [2.05, 4.69) is 91.9 Å². The van der Waals surface area contributed by atoms with Crippen LogP contribution in [0.1, 0.15) is 68.0 Å². The first-order valence-corrected chi connectivity index (χ1v) is 14.6. The fourth-order valence-corrected chi connectivity index (χ4v) is 6.68. The molecular formula is C33H42N6O. The number of nitrogens with one attached hydrogen (secondary N) is 1. The summed E-state index contributed by atoms with van der Waals surface area (Å²) in [6, 6.07) is 11.1. The molecular weight excluding hydrogens is 496 g/mol. The number of aromatic nitrogens is 4. The maximum atomic E-state index is 5.89. The van der Waals surface area contributed by atoms with Gasteiger partial charge in [0, 0.05) is 67.3 Å². The number of aryl methyl sites for hydroxylation is 2. The number of methoxy groups -OCH3 is 1. The Morgan fingerprint density at radius 2 is 1.82 bits per heavy atom. The second-order valence-corrected chi connectivity index (χ2v) is 12.7. The third kappa shape index (κ3) is 4.64. The zero-order valence-corrected chi connectivity index (χ0v) is 25.0. The molecule has 1 fully saturated rings. The summed E-state index contributed by atoms with van der Waals surface area (Å²) in [5.74, 6) is 2.37. The molecule has 40 heavy (non-hydrogen) atoms. The van der Waals surface area contributed by atoms with E-state index in [0.29, 0.717) is 5.92 Å². The Morgan fingerprint density at radius 3 is 2.58 bits per heavy atom. The first-order valence-electron chi connectivity index (χ1n) is 14.6. The van der Waals surface area contributed by atoms with Crippen LogP contribution >= 0.6 is 0 Å². The molecule has 2 aromatic heterocycles. The molecule has 210 valence electrons. The maximum absolute atomic E-state index is 5.89. The topological polar surface area (TPSA) is 70.2 Å². The fourth-order valence-electron chi connectivity index (χ4n) is 6.68. The third-order valence-corrected chi connectivity index (χ3v) is 9.05. The number of anilines is 2. The second-order valence-electron chi connectivity index (χ2n) is 12.7. The minimum Gasteiger partial charge on any atom is -0.381 e. The standard InChI is InChI=1S/C33H42N6O/c1-20(2)23-10-8-21(3)28(16-23)38-14-12-26-25(18-38)32(39-15-13-29(40-7)33(5,6)19-39)36-31(35-26)30-22(4)9-11-27-24(30)17-34-37-27/h8-11,16-17,20,29H,12-15,18-19H2,1-7H3,(H,34,37). The Labute approximate surface area is 238 Å². The normalized spacial score (nSPS) is 18.9. The van der Waals surface area contributed by atoms with Crippen LogP contribution in [0.3, 0.4) is 0 Å². The van der Waals surface area contributed by atoms with E-state index >= 15 is 0 Å². The van der Waals surface area contributed by atoms with Crippen LogP contribution in [0.25, 0.3) is 22.3 Å². The fraction of sp³-hybridized carbons (Fsp3) is 0.485. The van der Waals surface area contributed by atoms with Gasteiger partial charge in [-0.15, -0.1) is 0 Å². The lowest BCUT2D eigenvalue weighted by atomic mass is 9.81. The molecule has 7 heteroatoms. The van der Waals surface area contributed by atoms with Crippen molar-refractivity contribution >= 4 is 22.4 Å². The minimum absolute atomic E-state index is 0.0159. The van der Waals surface area contributed by atoms with E-state index in [1.165, 1.54) is 28.1 Å². The van der Waals surface area contributed by atoms with Crippen molar-refractivity contribution in [2.75, 3.05) is 36.5 Å². The summed E-state index contributed by atoms with van der Waals surface area (Å²) in [5, 5.41) is 8.52. The highest BCUT2D eigenvalue weighted by atomic mass is 16.5. The summed E-state index contributed by atoms with van der Waals surface area (Å²) in [7, 11) is 1.84. The number of ether oxygens (including phenoxy) is 1. The van der Waals surface area contributed by atoms with Gasteiger partial charge in [0.25, 0.3) is 0 Å². The predicted molar refractivity (Wildman–Crippen MR) is 163 cm³/mol. The Kier molecular flexibility index (Phi) is 6.81. The van der Waals surface area contributed by atoms with Crippen molar-refractivity contribution in [2.24, 2.45) is 5.41 Å². The van der Waals surface area contributed by atoms with Crippen molar-refractivity contribution in [3.63, 3.8) is 0 Å². The highest BCUT2D eigenvalue weighted by molar-refractivity contribution is 5.94. The number of hydrogen-bond donors (Lipinski definition) is 1. The van der Waals surface area contributed by atoms with E-state index in [1.807, 2.05) is 13.3 Å². The van der Waals surface area contributed by atoms with Gasteiger partial charge in [-0.1, -0.05) is 45.9 Å². The van der Waals surface area contributed by atoms with Crippen LogP contribution < -0.4 is 9.80 Å². The molecule has 0 radical (unpaired) electrons. The van der Waals surface area contributed by atoms with E-state index < -0.39 is 0 Å². The van der Waals surface area contributed by atoms with Gasteiger partial charge in [0.15, 0.2) is 5.82 Å². The average molecular weight is 539 g/mol. The molecule has 1 atom stereocenters. The van der Waals surface area contributed by atoms with Gasteiger partial charge >= 0.3 is 0 Å². The number of piperidine rings is 1. The van der Waals surface area contributed by atoms with Gasteiger partial charge < -0.3 is 14.5 Å². The number of hydrogen-bond acceptors (Lipinski definition) is 6. The highest BCUT2D eigenvalue weighted by Gasteiger charge is 2.38. The van der Waals surface area contributed by atoms with Crippen LogP contribution in [0.2, 0.25) is 0 Å². The zero-order chi connectivity index (χ0) is 28.2. The summed E-state index contributed by atoms with van der Waals surface area (Å²) in [6.45, 7) is 17.1. The van der Waals surface area contributed by atoms with Crippen molar-refractivity contribution in [2.45, 2.75) is 73.0 Å². The van der Waals surface area contributed by atoms with E-state index in [1.54, 1.807) is 0 Å². The first kappa shape index (κ1) is 26.8. The molecule has 2 aliphatic heterocycles. The zero-order valence-electron chi connectivity index (χ0n) is 25.0. The van der Waals surface area contributed by atoms with Crippen LogP contribution in [-0.2, 0) is 17.7 Å². The molecule has 4 heterocycles. The summed E-state index contributed by atoms with van der Waals surface area (Å²) in [6.07, 6.45) is 4.01. The van der Waals surface area contributed by atoms with Crippen LogP contribution in [0.5, 0.6) is 0 Å².